The highest BCUT2D eigenvalue weighted by Crippen LogP contribution is 2.27. The van der Waals surface area contributed by atoms with Crippen LogP contribution in [0.5, 0.6) is 0 Å². The summed E-state index contributed by atoms with van der Waals surface area (Å²) in [5.41, 5.74) is 2.14. The molecule has 0 bridgehead atoms. The molecule has 1 heterocycles. The van der Waals surface area contributed by atoms with Gasteiger partial charge in [0, 0.05) is 18.5 Å². The molecule has 1 fully saturated rings. The SMILES string of the molecule is Cc1ccc(S(=O)(=O)N2C[C@H](Cl)C[C@H](/C=C/c3ccccc3)C2)cc1. The van der Waals surface area contributed by atoms with Gasteiger partial charge >= 0.3 is 0 Å². The highest BCUT2D eigenvalue weighted by Gasteiger charge is 2.33. The molecule has 0 unspecified atom stereocenters. The van der Waals surface area contributed by atoms with Gasteiger partial charge in [-0.25, -0.2) is 8.42 Å². The van der Waals surface area contributed by atoms with E-state index < -0.39 is 10.0 Å². The Kier molecular flexibility index (Phi) is 5.62. The van der Waals surface area contributed by atoms with Crippen molar-refractivity contribution in [3.05, 3.63) is 71.8 Å². The highest BCUT2D eigenvalue weighted by molar-refractivity contribution is 7.89. The summed E-state index contributed by atoms with van der Waals surface area (Å²) < 4.78 is 27.3. The Bertz CT molecular complexity index is 832. The van der Waals surface area contributed by atoms with E-state index in [0.29, 0.717) is 18.0 Å². The summed E-state index contributed by atoms with van der Waals surface area (Å²) in [7, 11) is -3.51. The van der Waals surface area contributed by atoms with Crippen LogP contribution in [0.2, 0.25) is 0 Å². The van der Waals surface area contributed by atoms with Crippen LogP contribution in [0.3, 0.4) is 0 Å². The monoisotopic (exact) mass is 375 g/mol. The van der Waals surface area contributed by atoms with Crippen molar-refractivity contribution in [1.82, 2.24) is 4.31 Å². The molecule has 1 aliphatic rings. The lowest BCUT2D eigenvalue weighted by atomic mass is 9.98. The molecule has 3 nitrogen and oxygen atoms in total. The van der Waals surface area contributed by atoms with E-state index in [1.165, 1.54) is 4.31 Å². The average Bonchev–Trinajstić information content (AvgIpc) is 2.61. The van der Waals surface area contributed by atoms with Crippen molar-refractivity contribution in [2.75, 3.05) is 13.1 Å². The number of hydrogen-bond donors (Lipinski definition) is 0. The Morgan fingerprint density at radius 1 is 1.04 bits per heavy atom. The van der Waals surface area contributed by atoms with E-state index in [-0.39, 0.29) is 11.3 Å². The van der Waals surface area contributed by atoms with Crippen molar-refractivity contribution in [3.8, 4) is 0 Å². The summed E-state index contributed by atoms with van der Waals surface area (Å²) in [6, 6.07) is 17.0. The Balaban J connectivity index is 1.78. The Morgan fingerprint density at radius 2 is 1.72 bits per heavy atom. The fraction of sp³-hybridized carbons (Fsp3) is 0.300. The molecule has 0 N–H and O–H groups in total. The second-order valence-corrected chi connectivity index (χ2v) is 9.05. The molecule has 132 valence electrons. The van der Waals surface area contributed by atoms with E-state index in [1.807, 2.05) is 55.5 Å². The van der Waals surface area contributed by atoms with Gasteiger partial charge in [-0.05, 0) is 37.0 Å². The predicted molar refractivity (Wildman–Crippen MR) is 103 cm³/mol. The molecular formula is C20H22ClNO2S. The van der Waals surface area contributed by atoms with E-state index in [0.717, 1.165) is 17.5 Å². The molecule has 0 amide bonds. The van der Waals surface area contributed by atoms with Crippen LogP contribution in [0, 0.1) is 12.8 Å². The van der Waals surface area contributed by atoms with Crippen molar-refractivity contribution in [2.45, 2.75) is 23.6 Å². The minimum Gasteiger partial charge on any atom is -0.207 e. The molecule has 25 heavy (non-hydrogen) atoms. The average molecular weight is 376 g/mol. The third kappa shape index (κ3) is 4.51. The molecule has 0 aromatic heterocycles. The van der Waals surface area contributed by atoms with Gasteiger partial charge < -0.3 is 0 Å². The van der Waals surface area contributed by atoms with Crippen LogP contribution in [-0.2, 0) is 10.0 Å². The largest absolute Gasteiger partial charge is 0.243 e. The van der Waals surface area contributed by atoms with Gasteiger partial charge in [0.05, 0.1) is 4.90 Å². The van der Waals surface area contributed by atoms with Crippen LogP contribution in [-0.4, -0.2) is 31.2 Å². The normalized spacial score (nSPS) is 22.3. The Morgan fingerprint density at radius 3 is 2.40 bits per heavy atom. The summed E-state index contributed by atoms with van der Waals surface area (Å²) in [6.07, 6.45) is 4.89. The van der Waals surface area contributed by atoms with Crippen molar-refractivity contribution in [1.29, 1.82) is 0 Å². The van der Waals surface area contributed by atoms with Gasteiger partial charge in [-0.15, -0.1) is 11.6 Å². The lowest BCUT2D eigenvalue weighted by Crippen LogP contribution is -2.44. The van der Waals surface area contributed by atoms with Gasteiger partial charge in [0.2, 0.25) is 10.0 Å². The molecule has 5 heteroatoms. The predicted octanol–water partition coefficient (Wildman–Crippen LogP) is 4.33. The van der Waals surface area contributed by atoms with Crippen LogP contribution in [0.1, 0.15) is 17.5 Å². The Hall–Kier alpha value is -1.62. The number of halogens is 1. The van der Waals surface area contributed by atoms with Gasteiger partial charge in [-0.2, -0.15) is 4.31 Å². The zero-order valence-electron chi connectivity index (χ0n) is 14.2. The molecule has 0 spiro atoms. The van der Waals surface area contributed by atoms with Crippen molar-refractivity contribution in [3.63, 3.8) is 0 Å². The number of alkyl halides is 1. The van der Waals surface area contributed by atoms with Gasteiger partial charge in [0.1, 0.15) is 0 Å². The summed E-state index contributed by atoms with van der Waals surface area (Å²) in [4.78, 5) is 0.328. The molecule has 0 saturated carbocycles. The third-order valence-corrected chi connectivity index (χ3v) is 6.58. The fourth-order valence-electron chi connectivity index (χ4n) is 3.04. The zero-order valence-corrected chi connectivity index (χ0v) is 15.7. The zero-order chi connectivity index (χ0) is 17.9. The highest BCUT2D eigenvalue weighted by atomic mass is 35.5. The Labute approximate surface area is 155 Å². The van der Waals surface area contributed by atoms with Crippen LogP contribution >= 0.6 is 11.6 Å². The summed E-state index contributed by atoms with van der Waals surface area (Å²) in [6.45, 7) is 2.76. The first-order valence-electron chi connectivity index (χ1n) is 8.39. The molecule has 2 aromatic rings. The maximum Gasteiger partial charge on any atom is 0.243 e. The first-order valence-corrected chi connectivity index (χ1v) is 10.3. The second kappa shape index (κ2) is 7.73. The van der Waals surface area contributed by atoms with E-state index in [2.05, 4.69) is 6.08 Å². The first kappa shape index (κ1) is 18.2. The first-order chi connectivity index (χ1) is 11.9. The third-order valence-electron chi connectivity index (χ3n) is 4.42. The summed E-state index contributed by atoms with van der Waals surface area (Å²) in [5, 5.41) is -0.181. The quantitative estimate of drug-likeness (QED) is 0.746. The molecule has 1 saturated heterocycles. The number of nitrogens with zero attached hydrogens (tertiary/aromatic N) is 1. The van der Waals surface area contributed by atoms with E-state index in [9.17, 15) is 8.42 Å². The van der Waals surface area contributed by atoms with Crippen LogP contribution in [0.25, 0.3) is 6.08 Å². The van der Waals surface area contributed by atoms with Crippen LogP contribution in [0.15, 0.2) is 65.6 Å². The van der Waals surface area contributed by atoms with Crippen LogP contribution in [0.4, 0.5) is 0 Å². The van der Waals surface area contributed by atoms with Gasteiger partial charge in [0.25, 0.3) is 0 Å². The smallest absolute Gasteiger partial charge is 0.207 e. The van der Waals surface area contributed by atoms with Gasteiger partial charge in [-0.3, -0.25) is 0 Å². The molecule has 0 radical (unpaired) electrons. The lowest BCUT2D eigenvalue weighted by Gasteiger charge is -2.33. The maximum absolute atomic E-state index is 12.9. The standard InChI is InChI=1S/C20H22ClNO2S/c1-16-7-11-20(12-8-16)25(23,24)22-14-18(13-19(21)15-22)10-9-17-5-3-2-4-6-17/h2-12,18-19H,13-15H2,1H3/b10-9+/t18-,19+/m0/s1. The number of rotatable bonds is 4. The topological polar surface area (TPSA) is 37.4 Å². The summed E-state index contributed by atoms with van der Waals surface area (Å²) >= 11 is 6.37. The van der Waals surface area contributed by atoms with Crippen molar-refractivity contribution >= 4 is 27.7 Å². The maximum atomic E-state index is 12.9. The van der Waals surface area contributed by atoms with E-state index in [4.69, 9.17) is 11.6 Å². The molecule has 1 aliphatic heterocycles. The van der Waals surface area contributed by atoms with E-state index in [1.54, 1.807) is 12.1 Å². The van der Waals surface area contributed by atoms with Gasteiger partial charge in [0.15, 0.2) is 0 Å². The second-order valence-electron chi connectivity index (χ2n) is 6.50. The molecule has 2 aromatic carbocycles. The van der Waals surface area contributed by atoms with Crippen molar-refractivity contribution < 1.29 is 8.42 Å². The molecule has 3 rings (SSSR count). The molecule has 0 aliphatic carbocycles. The van der Waals surface area contributed by atoms with Crippen LogP contribution < -0.4 is 0 Å². The number of benzene rings is 2. The van der Waals surface area contributed by atoms with E-state index >= 15 is 0 Å². The number of aryl methyl sites for hydroxylation is 1. The molecular weight excluding hydrogens is 354 g/mol. The number of piperidine rings is 1. The number of sulfonamides is 1. The molecule has 2 atom stereocenters. The minimum atomic E-state index is -3.51. The summed E-state index contributed by atoms with van der Waals surface area (Å²) in [5.74, 6) is 0.108. The van der Waals surface area contributed by atoms with Gasteiger partial charge in [-0.1, -0.05) is 60.2 Å². The lowest BCUT2D eigenvalue weighted by molar-refractivity contribution is 0.305. The fourth-order valence-corrected chi connectivity index (χ4v) is 5.06. The minimum absolute atomic E-state index is 0.108. The number of hydrogen-bond acceptors (Lipinski definition) is 2. The van der Waals surface area contributed by atoms with Crippen molar-refractivity contribution in [2.24, 2.45) is 5.92 Å².